The number of morpholine rings is 1. The first-order chi connectivity index (χ1) is 10.6. The Morgan fingerprint density at radius 1 is 1.50 bits per heavy atom. The van der Waals surface area contributed by atoms with E-state index >= 15 is 0 Å². The quantitative estimate of drug-likeness (QED) is 0.928. The maximum atomic E-state index is 11.3. The number of pyridine rings is 1. The van der Waals surface area contributed by atoms with Gasteiger partial charge in [0.15, 0.2) is 0 Å². The summed E-state index contributed by atoms with van der Waals surface area (Å²) >= 11 is 7.49. The summed E-state index contributed by atoms with van der Waals surface area (Å²) in [6, 6.07) is 7.07. The zero-order chi connectivity index (χ0) is 15.5. The van der Waals surface area contributed by atoms with Crippen molar-refractivity contribution < 1.29 is 14.6 Å². The maximum absolute atomic E-state index is 11.3. The van der Waals surface area contributed by atoms with Crippen molar-refractivity contribution in [1.82, 2.24) is 9.88 Å². The Morgan fingerprint density at radius 3 is 3.09 bits per heavy atom. The summed E-state index contributed by atoms with van der Waals surface area (Å²) in [5, 5.41) is 9.23. The number of hydrogen-bond donors (Lipinski definition) is 1. The number of nitrogens with zero attached hydrogens (tertiary/aromatic N) is 2. The van der Waals surface area contributed by atoms with Gasteiger partial charge in [-0.05, 0) is 24.3 Å². The van der Waals surface area contributed by atoms with Crippen molar-refractivity contribution in [2.75, 3.05) is 19.7 Å². The molecule has 0 aromatic carbocycles. The maximum Gasteiger partial charge on any atom is 0.337 e. The predicted octanol–water partition coefficient (Wildman–Crippen LogP) is 3.07. The van der Waals surface area contributed by atoms with Crippen LogP contribution in [0.1, 0.15) is 27.0 Å². The smallest absolute Gasteiger partial charge is 0.337 e. The second-order valence-corrected chi connectivity index (χ2v) is 6.79. The summed E-state index contributed by atoms with van der Waals surface area (Å²) in [7, 11) is 0. The van der Waals surface area contributed by atoms with Gasteiger partial charge in [0.1, 0.15) is 6.10 Å². The number of carbonyl (C=O) groups is 1. The summed E-state index contributed by atoms with van der Waals surface area (Å²) in [5.41, 5.74) is 0.838. The van der Waals surface area contributed by atoms with Gasteiger partial charge in [-0.2, -0.15) is 0 Å². The first-order valence-electron chi connectivity index (χ1n) is 6.90. The summed E-state index contributed by atoms with van der Waals surface area (Å²) in [6.45, 7) is 2.56. The third-order valence-electron chi connectivity index (χ3n) is 3.56. The van der Waals surface area contributed by atoms with Crippen LogP contribution < -0.4 is 0 Å². The van der Waals surface area contributed by atoms with Gasteiger partial charge in [-0.3, -0.25) is 9.88 Å². The molecule has 1 unspecified atom stereocenters. The molecule has 0 spiro atoms. The van der Waals surface area contributed by atoms with Gasteiger partial charge in [0, 0.05) is 30.7 Å². The molecule has 0 saturated carbocycles. The first-order valence-corrected chi connectivity index (χ1v) is 8.09. The fraction of sp³-hybridized carbons (Fsp3) is 0.333. The van der Waals surface area contributed by atoms with Crippen molar-refractivity contribution in [1.29, 1.82) is 0 Å². The minimum absolute atomic E-state index is 0.0248. The molecule has 3 rings (SSSR count). The lowest BCUT2D eigenvalue weighted by Gasteiger charge is -2.32. The molecule has 0 bridgehead atoms. The molecule has 116 valence electrons. The molecule has 1 saturated heterocycles. The number of hydrogen-bond acceptors (Lipinski definition) is 5. The molecule has 1 atom stereocenters. The molecule has 2 aromatic rings. The Hall–Kier alpha value is -1.47. The van der Waals surface area contributed by atoms with Gasteiger partial charge in [-0.25, -0.2) is 4.79 Å². The van der Waals surface area contributed by atoms with Crippen molar-refractivity contribution >= 4 is 28.9 Å². The average molecular weight is 339 g/mol. The van der Waals surface area contributed by atoms with Crippen LogP contribution in [0.3, 0.4) is 0 Å². The van der Waals surface area contributed by atoms with E-state index in [4.69, 9.17) is 16.3 Å². The molecule has 0 amide bonds. The fourth-order valence-corrected chi connectivity index (χ4v) is 3.59. The fourth-order valence-electron chi connectivity index (χ4n) is 2.49. The van der Waals surface area contributed by atoms with Crippen LogP contribution in [-0.4, -0.2) is 40.7 Å². The van der Waals surface area contributed by atoms with E-state index in [0.29, 0.717) is 25.4 Å². The van der Waals surface area contributed by atoms with Crippen LogP contribution >= 0.6 is 22.9 Å². The second-order valence-electron chi connectivity index (χ2n) is 5.04. The number of aromatic nitrogens is 1. The van der Waals surface area contributed by atoms with Gasteiger partial charge in [0.05, 0.1) is 22.2 Å². The molecule has 22 heavy (non-hydrogen) atoms. The van der Waals surface area contributed by atoms with Crippen LogP contribution in [0, 0.1) is 0 Å². The van der Waals surface area contributed by atoms with E-state index in [1.54, 1.807) is 18.3 Å². The summed E-state index contributed by atoms with van der Waals surface area (Å²) in [6.07, 6.45) is 1.60. The van der Waals surface area contributed by atoms with Crippen molar-refractivity contribution in [2.24, 2.45) is 0 Å². The van der Waals surface area contributed by atoms with Gasteiger partial charge < -0.3 is 9.84 Å². The van der Waals surface area contributed by atoms with Gasteiger partial charge in [0.2, 0.25) is 0 Å². The Balaban J connectivity index is 1.72. The number of rotatable bonds is 4. The highest BCUT2D eigenvalue weighted by Crippen LogP contribution is 2.31. The van der Waals surface area contributed by atoms with Crippen LogP contribution in [0.2, 0.25) is 4.34 Å². The number of carboxylic acids is 1. The van der Waals surface area contributed by atoms with Crippen LogP contribution in [0.15, 0.2) is 30.5 Å². The normalized spacial score (nSPS) is 19.2. The standard InChI is InChI=1S/C15H15ClN2O3S/c16-14-4-3-13(22-14)12-9-18(6-7-21-12)8-11-10(15(19)20)2-1-5-17-11/h1-5,12H,6-9H2,(H,19,20). The zero-order valence-electron chi connectivity index (χ0n) is 11.7. The number of carboxylic acid groups (broad SMARTS) is 1. The molecule has 5 nitrogen and oxygen atoms in total. The van der Waals surface area contributed by atoms with E-state index in [-0.39, 0.29) is 11.7 Å². The molecule has 7 heteroatoms. The van der Waals surface area contributed by atoms with Crippen molar-refractivity contribution in [3.63, 3.8) is 0 Å². The Bertz CT molecular complexity index is 676. The van der Waals surface area contributed by atoms with Crippen LogP contribution in [-0.2, 0) is 11.3 Å². The molecule has 0 radical (unpaired) electrons. The Labute approximate surface area is 137 Å². The molecule has 1 fully saturated rings. The molecule has 1 N–H and O–H groups in total. The zero-order valence-corrected chi connectivity index (χ0v) is 13.3. The monoisotopic (exact) mass is 338 g/mol. The molecule has 3 heterocycles. The van der Waals surface area contributed by atoms with Crippen molar-refractivity contribution in [3.05, 3.63) is 50.9 Å². The third-order valence-corrected chi connectivity index (χ3v) is 4.88. The average Bonchev–Trinajstić information content (AvgIpc) is 2.94. The van der Waals surface area contributed by atoms with E-state index in [2.05, 4.69) is 9.88 Å². The topological polar surface area (TPSA) is 62.7 Å². The van der Waals surface area contributed by atoms with E-state index in [1.807, 2.05) is 12.1 Å². The lowest BCUT2D eigenvalue weighted by molar-refractivity contribution is -0.0315. The predicted molar refractivity (Wildman–Crippen MR) is 84.5 cm³/mol. The SMILES string of the molecule is O=C(O)c1cccnc1CN1CCOC(c2ccc(Cl)s2)C1. The highest BCUT2D eigenvalue weighted by Gasteiger charge is 2.24. The van der Waals surface area contributed by atoms with Crippen LogP contribution in [0.4, 0.5) is 0 Å². The Morgan fingerprint density at radius 2 is 2.36 bits per heavy atom. The summed E-state index contributed by atoms with van der Waals surface area (Å²) in [5.74, 6) is -0.946. The minimum Gasteiger partial charge on any atom is -0.478 e. The van der Waals surface area contributed by atoms with Crippen molar-refractivity contribution in [3.8, 4) is 0 Å². The molecule has 2 aromatic heterocycles. The first kappa shape index (κ1) is 15.4. The highest BCUT2D eigenvalue weighted by atomic mass is 35.5. The molecular weight excluding hydrogens is 324 g/mol. The van der Waals surface area contributed by atoms with Gasteiger partial charge in [-0.1, -0.05) is 11.6 Å². The second kappa shape index (κ2) is 6.75. The number of aromatic carboxylic acids is 1. The number of thiophene rings is 1. The van der Waals surface area contributed by atoms with Gasteiger partial charge in [-0.15, -0.1) is 11.3 Å². The highest BCUT2D eigenvalue weighted by molar-refractivity contribution is 7.16. The molecule has 0 aliphatic carbocycles. The summed E-state index contributed by atoms with van der Waals surface area (Å²) in [4.78, 5) is 18.7. The number of ether oxygens (including phenoxy) is 1. The molecule has 1 aliphatic rings. The van der Waals surface area contributed by atoms with Gasteiger partial charge in [0.25, 0.3) is 0 Å². The van der Waals surface area contributed by atoms with E-state index in [1.165, 1.54) is 11.3 Å². The third kappa shape index (κ3) is 3.47. The molecular formula is C15H15ClN2O3S. The molecule has 1 aliphatic heterocycles. The minimum atomic E-state index is -0.946. The lowest BCUT2D eigenvalue weighted by atomic mass is 10.1. The lowest BCUT2D eigenvalue weighted by Crippen LogP contribution is -2.38. The van der Waals surface area contributed by atoms with E-state index < -0.39 is 5.97 Å². The van der Waals surface area contributed by atoms with Crippen LogP contribution in [0.25, 0.3) is 0 Å². The number of halogens is 1. The Kier molecular flexibility index (Phi) is 4.73. The summed E-state index contributed by atoms with van der Waals surface area (Å²) < 4.78 is 6.54. The van der Waals surface area contributed by atoms with E-state index in [9.17, 15) is 9.90 Å². The van der Waals surface area contributed by atoms with Crippen LogP contribution in [0.5, 0.6) is 0 Å². The van der Waals surface area contributed by atoms with Gasteiger partial charge >= 0.3 is 5.97 Å². The largest absolute Gasteiger partial charge is 0.478 e. The van der Waals surface area contributed by atoms with Crippen molar-refractivity contribution in [2.45, 2.75) is 12.6 Å². The van der Waals surface area contributed by atoms with E-state index in [0.717, 1.165) is 15.8 Å².